The third-order valence-corrected chi connectivity index (χ3v) is 5.90. The first-order valence-electron chi connectivity index (χ1n) is 10.1. The smallest absolute Gasteiger partial charge is 0.271 e. The van der Waals surface area contributed by atoms with Crippen LogP contribution in [0, 0.1) is 10.1 Å². The minimum atomic E-state index is -0.515. The molecule has 1 saturated heterocycles. The quantitative estimate of drug-likeness (QED) is 0.509. The van der Waals surface area contributed by atoms with Crippen molar-refractivity contribution >= 4 is 34.6 Å². The van der Waals surface area contributed by atoms with Crippen molar-refractivity contribution in [3.05, 3.63) is 63.2 Å². The summed E-state index contributed by atoms with van der Waals surface area (Å²) in [7, 11) is 1.90. The lowest BCUT2D eigenvalue weighted by Crippen LogP contribution is -2.39. The number of non-ortho nitro benzene ring substituents is 1. The molecule has 0 bridgehead atoms. The monoisotopic (exact) mass is 430 g/mol. The largest absolute Gasteiger partial charge is 0.371 e. The highest BCUT2D eigenvalue weighted by molar-refractivity contribution is 6.33. The van der Waals surface area contributed by atoms with E-state index in [9.17, 15) is 14.9 Å². The number of para-hydroxylation sites is 1. The molecule has 1 atom stereocenters. The van der Waals surface area contributed by atoms with Crippen LogP contribution in [0.5, 0.6) is 0 Å². The van der Waals surface area contributed by atoms with Gasteiger partial charge in [-0.3, -0.25) is 19.8 Å². The molecule has 30 heavy (non-hydrogen) atoms. The van der Waals surface area contributed by atoms with Crippen LogP contribution >= 0.6 is 11.6 Å². The molecule has 1 aliphatic rings. The molecule has 0 radical (unpaired) electrons. The Bertz CT molecular complexity index is 915. The van der Waals surface area contributed by atoms with Crippen LogP contribution in [0.2, 0.25) is 5.02 Å². The molecule has 1 aliphatic heterocycles. The van der Waals surface area contributed by atoms with Gasteiger partial charge in [-0.1, -0.05) is 29.8 Å². The van der Waals surface area contributed by atoms with Crippen LogP contribution in [0.4, 0.5) is 17.1 Å². The first kappa shape index (κ1) is 22.1. The third kappa shape index (κ3) is 5.29. The predicted molar refractivity (Wildman–Crippen MR) is 120 cm³/mol. The lowest BCUT2D eigenvalue weighted by molar-refractivity contribution is -0.384. The van der Waals surface area contributed by atoms with Gasteiger partial charge in [-0.05, 0) is 50.9 Å². The fourth-order valence-electron chi connectivity index (χ4n) is 3.65. The summed E-state index contributed by atoms with van der Waals surface area (Å²) < 4.78 is 0. The van der Waals surface area contributed by atoms with Crippen LogP contribution in [0.1, 0.15) is 31.7 Å². The van der Waals surface area contributed by atoms with Crippen LogP contribution in [-0.2, 0) is 11.3 Å². The van der Waals surface area contributed by atoms with E-state index in [1.807, 2.05) is 31.0 Å². The number of nitrogens with one attached hydrogen (secondary N) is 1. The molecule has 8 heteroatoms. The number of anilines is 2. The van der Waals surface area contributed by atoms with Crippen LogP contribution in [0.15, 0.2) is 42.5 Å². The number of hydrogen-bond donors (Lipinski definition) is 1. The fraction of sp³-hybridized carbons (Fsp3) is 0.409. The summed E-state index contributed by atoms with van der Waals surface area (Å²) in [5.41, 5.74) is 2.52. The van der Waals surface area contributed by atoms with Gasteiger partial charge in [0.15, 0.2) is 0 Å². The standard InChI is InChI=1S/C22H27ClN4O3/c1-16(22(28)24-20-14-18(27(29)30)10-11-19(20)23)25(2)15-17-8-4-5-9-21(17)26-12-6-3-7-13-26/h4-5,8-11,14,16H,3,6-7,12-13,15H2,1-2H3,(H,24,28)/t16-/m1/s1. The molecular formula is C22H27ClN4O3. The van der Waals surface area contributed by atoms with Crippen LogP contribution in [0.3, 0.4) is 0 Å². The minimum Gasteiger partial charge on any atom is -0.371 e. The van der Waals surface area contributed by atoms with Gasteiger partial charge >= 0.3 is 0 Å². The van der Waals surface area contributed by atoms with E-state index >= 15 is 0 Å². The number of amides is 1. The number of nitro groups is 1. The number of hydrogen-bond acceptors (Lipinski definition) is 5. The maximum atomic E-state index is 12.8. The first-order chi connectivity index (χ1) is 14.4. The molecule has 0 aliphatic carbocycles. The van der Waals surface area contributed by atoms with Gasteiger partial charge in [0.25, 0.3) is 5.69 Å². The molecule has 2 aromatic rings. The molecule has 1 heterocycles. The summed E-state index contributed by atoms with van der Waals surface area (Å²) >= 11 is 6.11. The van der Waals surface area contributed by atoms with E-state index < -0.39 is 11.0 Å². The molecule has 0 aromatic heterocycles. The Balaban J connectivity index is 1.69. The van der Waals surface area contributed by atoms with Gasteiger partial charge in [-0.2, -0.15) is 0 Å². The minimum absolute atomic E-state index is 0.119. The van der Waals surface area contributed by atoms with E-state index in [0.29, 0.717) is 6.54 Å². The number of rotatable bonds is 7. The van der Waals surface area contributed by atoms with Crippen molar-refractivity contribution in [2.75, 3.05) is 30.4 Å². The molecule has 1 fully saturated rings. The van der Waals surface area contributed by atoms with Gasteiger partial charge in [-0.25, -0.2) is 0 Å². The predicted octanol–water partition coefficient (Wildman–Crippen LogP) is 4.70. The van der Waals surface area contributed by atoms with Gasteiger partial charge in [0.1, 0.15) is 0 Å². The molecule has 0 unspecified atom stereocenters. The summed E-state index contributed by atoms with van der Waals surface area (Å²) in [4.78, 5) is 27.6. The van der Waals surface area contributed by atoms with Gasteiger partial charge < -0.3 is 10.2 Å². The topological polar surface area (TPSA) is 78.7 Å². The SMILES string of the molecule is C[C@H](C(=O)Nc1cc([N+](=O)[O-])ccc1Cl)N(C)Cc1ccccc1N1CCCCC1. The maximum absolute atomic E-state index is 12.8. The van der Waals surface area contributed by atoms with E-state index in [2.05, 4.69) is 22.3 Å². The Morgan fingerprint density at radius 3 is 2.63 bits per heavy atom. The summed E-state index contributed by atoms with van der Waals surface area (Å²) in [5.74, 6) is -0.268. The Kier molecular flexibility index (Phi) is 7.29. The number of nitrogens with zero attached hydrogens (tertiary/aromatic N) is 3. The van der Waals surface area contributed by atoms with Crippen molar-refractivity contribution < 1.29 is 9.72 Å². The summed E-state index contributed by atoms with van der Waals surface area (Å²) in [5, 5.41) is 14.0. The molecule has 2 aromatic carbocycles. The van der Waals surface area contributed by atoms with Crippen molar-refractivity contribution in [3.8, 4) is 0 Å². The number of piperidine rings is 1. The number of carbonyl (C=O) groups is 1. The van der Waals surface area contributed by atoms with E-state index in [0.717, 1.165) is 13.1 Å². The maximum Gasteiger partial charge on any atom is 0.271 e. The summed E-state index contributed by atoms with van der Waals surface area (Å²) in [6.07, 6.45) is 3.68. The number of likely N-dealkylation sites (N-methyl/N-ethyl adjacent to an activating group) is 1. The van der Waals surface area contributed by atoms with Crippen molar-refractivity contribution in [2.45, 2.75) is 38.8 Å². The van der Waals surface area contributed by atoms with E-state index in [4.69, 9.17) is 11.6 Å². The highest BCUT2D eigenvalue weighted by Crippen LogP contribution is 2.28. The zero-order valence-corrected chi connectivity index (χ0v) is 18.1. The van der Waals surface area contributed by atoms with E-state index in [1.54, 1.807) is 0 Å². The third-order valence-electron chi connectivity index (χ3n) is 5.57. The van der Waals surface area contributed by atoms with Crippen molar-refractivity contribution in [3.63, 3.8) is 0 Å². The van der Waals surface area contributed by atoms with Gasteiger partial charge in [0, 0.05) is 37.5 Å². The molecule has 1 N–H and O–H groups in total. The zero-order valence-electron chi connectivity index (χ0n) is 17.3. The number of nitro benzene ring substituents is 1. The number of halogens is 1. The first-order valence-corrected chi connectivity index (χ1v) is 10.5. The Morgan fingerprint density at radius 1 is 1.23 bits per heavy atom. The van der Waals surface area contributed by atoms with Crippen LogP contribution in [0.25, 0.3) is 0 Å². The second-order valence-electron chi connectivity index (χ2n) is 7.68. The Labute approximate surface area is 181 Å². The average Bonchev–Trinajstić information content (AvgIpc) is 2.75. The van der Waals surface area contributed by atoms with E-state index in [-0.39, 0.29) is 22.3 Å². The second-order valence-corrected chi connectivity index (χ2v) is 8.09. The summed E-state index contributed by atoms with van der Waals surface area (Å²) in [6, 6.07) is 11.9. The highest BCUT2D eigenvalue weighted by Gasteiger charge is 2.22. The van der Waals surface area contributed by atoms with Gasteiger partial charge in [-0.15, -0.1) is 0 Å². The highest BCUT2D eigenvalue weighted by atomic mass is 35.5. The van der Waals surface area contributed by atoms with Crippen molar-refractivity contribution in [1.82, 2.24) is 4.90 Å². The molecule has 0 spiro atoms. The Hall–Kier alpha value is -2.64. The normalized spacial score (nSPS) is 15.1. The van der Waals surface area contributed by atoms with Crippen LogP contribution in [-0.4, -0.2) is 41.9 Å². The molecule has 160 valence electrons. The fourth-order valence-corrected chi connectivity index (χ4v) is 3.82. The molecule has 0 saturated carbocycles. The van der Waals surface area contributed by atoms with Gasteiger partial charge in [0.05, 0.1) is 21.7 Å². The summed E-state index contributed by atoms with van der Waals surface area (Å²) in [6.45, 7) is 4.54. The lowest BCUT2D eigenvalue weighted by Gasteiger charge is -2.32. The number of carbonyl (C=O) groups excluding carboxylic acids is 1. The van der Waals surface area contributed by atoms with Crippen LogP contribution < -0.4 is 10.2 Å². The Morgan fingerprint density at radius 2 is 1.93 bits per heavy atom. The zero-order chi connectivity index (χ0) is 21.7. The van der Waals surface area contributed by atoms with Crippen molar-refractivity contribution in [2.24, 2.45) is 0 Å². The molecule has 3 rings (SSSR count). The van der Waals surface area contributed by atoms with Gasteiger partial charge in [0.2, 0.25) is 5.91 Å². The number of benzene rings is 2. The second kappa shape index (κ2) is 9.91. The molecule has 1 amide bonds. The lowest BCUT2D eigenvalue weighted by atomic mass is 10.1. The van der Waals surface area contributed by atoms with Crippen molar-refractivity contribution in [1.29, 1.82) is 0 Å². The average molecular weight is 431 g/mol. The van der Waals surface area contributed by atoms with E-state index in [1.165, 1.54) is 48.7 Å². The molecular weight excluding hydrogens is 404 g/mol. The molecule has 7 nitrogen and oxygen atoms in total.